The third-order valence-electron chi connectivity index (χ3n) is 3.07. The molecule has 1 aliphatic rings. The van der Waals surface area contributed by atoms with Crippen LogP contribution >= 0.6 is 0 Å². The summed E-state index contributed by atoms with van der Waals surface area (Å²) in [7, 11) is 1.68. The average molecular weight is 229 g/mol. The molecule has 1 aromatic heterocycles. The average Bonchev–Trinajstić information content (AvgIpc) is 2.82. The van der Waals surface area contributed by atoms with Gasteiger partial charge in [0.1, 0.15) is 17.3 Å². The Morgan fingerprint density at radius 3 is 3.12 bits per heavy atom. The molecule has 0 saturated heterocycles. The highest BCUT2D eigenvalue weighted by Crippen LogP contribution is 2.29. The first-order chi connectivity index (χ1) is 8.40. The summed E-state index contributed by atoms with van der Waals surface area (Å²) in [5.41, 5.74) is 2.26. The first-order valence-electron chi connectivity index (χ1n) is 5.84. The summed E-state index contributed by atoms with van der Waals surface area (Å²) in [5, 5.41) is 7.86. The Morgan fingerprint density at radius 2 is 2.24 bits per heavy atom. The number of rotatable bonds is 2. The zero-order valence-corrected chi connectivity index (χ0v) is 9.81. The van der Waals surface area contributed by atoms with Crippen molar-refractivity contribution >= 4 is 5.82 Å². The molecule has 2 aromatic rings. The second-order valence-corrected chi connectivity index (χ2v) is 4.13. The molecule has 1 N–H and O–H groups in total. The Labute approximate surface area is 100 Å². The Morgan fingerprint density at radius 1 is 1.35 bits per heavy atom. The monoisotopic (exact) mass is 229 g/mol. The molecule has 4 nitrogen and oxygen atoms in total. The van der Waals surface area contributed by atoms with Gasteiger partial charge in [-0.15, -0.1) is 0 Å². The highest BCUT2D eigenvalue weighted by atomic mass is 16.5. The molecule has 1 aliphatic heterocycles. The van der Waals surface area contributed by atoms with Crippen molar-refractivity contribution in [3.63, 3.8) is 0 Å². The number of hydrogen-bond acceptors (Lipinski definition) is 3. The van der Waals surface area contributed by atoms with Gasteiger partial charge >= 0.3 is 0 Å². The fourth-order valence-electron chi connectivity index (χ4n) is 2.23. The van der Waals surface area contributed by atoms with E-state index in [-0.39, 0.29) is 0 Å². The molecule has 0 radical (unpaired) electrons. The van der Waals surface area contributed by atoms with Crippen LogP contribution in [0.3, 0.4) is 0 Å². The largest absolute Gasteiger partial charge is 0.494 e. The minimum atomic E-state index is 0.839. The van der Waals surface area contributed by atoms with E-state index in [0.29, 0.717) is 0 Å². The maximum atomic E-state index is 5.37. The summed E-state index contributed by atoms with van der Waals surface area (Å²) in [5.74, 6) is 1.94. The van der Waals surface area contributed by atoms with Gasteiger partial charge in [0.15, 0.2) is 0 Å². The van der Waals surface area contributed by atoms with Crippen molar-refractivity contribution in [1.29, 1.82) is 0 Å². The molecule has 88 valence electrons. The van der Waals surface area contributed by atoms with E-state index in [9.17, 15) is 0 Å². The van der Waals surface area contributed by atoms with Crippen LogP contribution in [0.5, 0.6) is 5.75 Å². The molecule has 0 bridgehead atoms. The Kier molecular flexibility index (Phi) is 2.48. The maximum Gasteiger partial charge on any atom is 0.144 e. The molecule has 0 saturated carbocycles. The van der Waals surface area contributed by atoms with Gasteiger partial charge < -0.3 is 10.1 Å². The van der Waals surface area contributed by atoms with E-state index in [1.165, 1.54) is 12.0 Å². The van der Waals surface area contributed by atoms with Gasteiger partial charge in [0.05, 0.1) is 13.3 Å². The molecule has 1 aromatic carbocycles. The number of aromatic nitrogens is 2. The highest BCUT2D eigenvalue weighted by Gasteiger charge is 2.17. The van der Waals surface area contributed by atoms with Crippen molar-refractivity contribution in [3.05, 3.63) is 36.0 Å². The molecule has 0 spiro atoms. The number of hydrogen-bond donors (Lipinski definition) is 1. The number of fused-ring (bicyclic) bond motifs is 1. The molecular formula is C13H15N3O. The zero-order chi connectivity index (χ0) is 11.7. The maximum absolute atomic E-state index is 5.37. The Balaban J connectivity index is 2.12. The van der Waals surface area contributed by atoms with Crippen molar-refractivity contribution < 1.29 is 4.74 Å². The van der Waals surface area contributed by atoms with Gasteiger partial charge in [0, 0.05) is 12.1 Å². The van der Waals surface area contributed by atoms with Gasteiger partial charge in [0.25, 0.3) is 0 Å². The van der Waals surface area contributed by atoms with Gasteiger partial charge in [-0.3, -0.25) is 0 Å². The molecule has 17 heavy (non-hydrogen) atoms. The minimum absolute atomic E-state index is 0.839. The fourth-order valence-corrected chi connectivity index (χ4v) is 2.23. The smallest absolute Gasteiger partial charge is 0.144 e. The third-order valence-corrected chi connectivity index (χ3v) is 3.07. The molecule has 0 amide bonds. The zero-order valence-electron chi connectivity index (χ0n) is 9.81. The summed E-state index contributed by atoms with van der Waals surface area (Å²) in [4.78, 5) is 0. The van der Waals surface area contributed by atoms with Crippen LogP contribution in [-0.4, -0.2) is 23.4 Å². The molecule has 0 unspecified atom stereocenters. The summed E-state index contributed by atoms with van der Waals surface area (Å²) >= 11 is 0. The SMILES string of the molecule is COc1ccccc1-n1ncc2c1NCCC2. The second-order valence-electron chi connectivity index (χ2n) is 4.13. The van der Waals surface area contributed by atoms with Crippen LogP contribution in [0.25, 0.3) is 5.69 Å². The normalized spacial score (nSPS) is 13.9. The van der Waals surface area contributed by atoms with E-state index in [1.54, 1.807) is 7.11 Å². The number of aryl methyl sites for hydroxylation is 1. The summed E-state index contributed by atoms with van der Waals surface area (Å²) in [6.45, 7) is 1.01. The summed E-state index contributed by atoms with van der Waals surface area (Å²) in [6, 6.07) is 7.93. The van der Waals surface area contributed by atoms with Gasteiger partial charge in [-0.25, -0.2) is 4.68 Å². The molecule has 4 heteroatoms. The van der Waals surface area contributed by atoms with E-state index >= 15 is 0 Å². The van der Waals surface area contributed by atoms with Gasteiger partial charge in [0.2, 0.25) is 0 Å². The fraction of sp³-hybridized carbons (Fsp3) is 0.308. The minimum Gasteiger partial charge on any atom is -0.494 e. The molecule has 3 rings (SSSR count). The van der Waals surface area contributed by atoms with Gasteiger partial charge in [-0.1, -0.05) is 12.1 Å². The molecule has 0 aliphatic carbocycles. The first kappa shape index (κ1) is 10.2. The summed E-state index contributed by atoms with van der Waals surface area (Å²) in [6.07, 6.45) is 4.20. The number of para-hydroxylation sites is 2. The van der Waals surface area contributed by atoms with E-state index in [1.807, 2.05) is 35.1 Å². The Hall–Kier alpha value is -1.97. The molecule has 0 atom stereocenters. The van der Waals surface area contributed by atoms with Crippen LogP contribution in [0.4, 0.5) is 5.82 Å². The van der Waals surface area contributed by atoms with E-state index in [2.05, 4.69) is 10.4 Å². The summed E-state index contributed by atoms with van der Waals surface area (Å²) < 4.78 is 7.30. The van der Waals surface area contributed by atoms with Crippen LogP contribution in [0, 0.1) is 0 Å². The van der Waals surface area contributed by atoms with E-state index < -0.39 is 0 Å². The number of anilines is 1. The highest BCUT2D eigenvalue weighted by molar-refractivity contribution is 5.56. The lowest BCUT2D eigenvalue weighted by molar-refractivity contribution is 0.412. The number of ether oxygens (including phenoxy) is 1. The van der Waals surface area contributed by atoms with Crippen LogP contribution in [0.1, 0.15) is 12.0 Å². The number of benzene rings is 1. The molecular weight excluding hydrogens is 214 g/mol. The first-order valence-corrected chi connectivity index (χ1v) is 5.84. The lowest BCUT2D eigenvalue weighted by atomic mass is 10.1. The van der Waals surface area contributed by atoms with Crippen LogP contribution in [-0.2, 0) is 6.42 Å². The van der Waals surface area contributed by atoms with E-state index in [0.717, 1.165) is 30.2 Å². The third kappa shape index (κ3) is 1.65. The lowest BCUT2D eigenvalue weighted by Crippen LogP contribution is -2.14. The predicted octanol–water partition coefficient (Wildman–Crippen LogP) is 2.24. The number of nitrogens with one attached hydrogen (secondary N) is 1. The lowest BCUT2D eigenvalue weighted by Gasteiger charge is -2.17. The number of nitrogens with zero attached hydrogens (tertiary/aromatic N) is 2. The van der Waals surface area contributed by atoms with Crippen molar-refractivity contribution in [3.8, 4) is 11.4 Å². The van der Waals surface area contributed by atoms with Crippen molar-refractivity contribution in [1.82, 2.24) is 9.78 Å². The van der Waals surface area contributed by atoms with Crippen LogP contribution in [0.2, 0.25) is 0 Å². The topological polar surface area (TPSA) is 39.1 Å². The second kappa shape index (κ2) is 4.13. The predicted molar refractivity (Wildman–Crippen MR) is 66.9 cm³/mol. The molecule has 0 fully saturated rings. The molecule has 2 heterocycles. The quantitative estimate of drug-likeness (QED) is 0.858. The van der Waals surface area contributed by atoms with Crippen molar-refractivity contribution in [2.24, 2.45) is 0 Å². The number of methoxy groups -OCH3 is 1. The van der Waals surface area contributed by atoms with Crippen molar-refractivity contribution in [2.75, 3.05) is 19.0 Å². The van der Waals surface area contributed by atoms with E-state index in [4.69, 9.17) is 4.74 Å². The van der Waals surface area contributed by atoms with Crippen molar-refractivity contribution in [2.45, 2.75) is 12.8 Å². The standard InChI is InChI=1S/C13H15N3O/c1-17-12-7-3-2-6-11(12)16-13-10(9-15-16)5-4-8-14-13/h2-3,6-7,9,14H,4-5,8H2,1H3. The van der Waals surface area contributed by atoms with Gasteiger partial charge in [-0.2, -0.15) is 5.10 Å². The Bertz CT molecular complexity index is 533. The van der Waals surface area contributed by atoms with Gasteiger partial charge in [-0.05, 0) is 25.0 Å². The van der Waals surface area contributed by atoms with Crippen LogP contribution < -0.4 is 10.1 Å². The van der Waals surface area contributed by atoms with Crippen LogP contribution in [0.15, 0.2) is 30.5 Å².